The van der Waals surface area contributed by atoms with Gasteiger partial charge in [0.05, 0.1) is 0 Å². The van der Waals surface area contributed by atoms with Crippen LogP contribution in [0.3, 0.4) is 0 Å². The Kier molecular flexibility index (Phi) is 6.91. The highest BCUT2D eigenvalue weighted by molar-refractivity contribution is 8.02. The molecule has 1 aromatic heterocycles. The molecule has 2 amide bonds. The second-order valence-electron chi connectivity index (χ2n) is 7.92. The molecule has 1 heterocycles. The van der Waals surface area contributed by atoms with Crippen LogP contribution < -0.4 is 10.2 Å². The van der Waals surface area contributed by atoms with Gasteiger partial charge in [-0.05, 0) is 49.4 Å². The van der Waals surface area contributed by atoms with Gasteiger partial charge in [0.15, 0.2) is 4.34 Å². The Labute approximate surface area is 196 Å². The highest BCUT2D eigenvalue weighted by Gasteiger charge is 2.35. The SMILES string of the molecule is CCC(=O)N(c1nnc(SC(C(=O)Nc2cc(C)ccc2C)c2ccccc2)s1)C1CC1. The molecule has 1 atom stereocenters. The summed E-state index contributed by atoms with van der Waals surface area (Å²) in [5, 5.41) is 11.8. The Bertz CT molecular complexity index is 1110. The van der Waals surface area contributed by atoms with Gasteiger partial charge in [-0.3, -0.25) is 14.5 Å². The summed E-state index contributed by atoms with van der Waals surface area (Å²) in [5.74, 6) is -0.0530. The molecule has 8 heteroatoms. The maximum absolute atomic E-state index is 13.4. The second-order valence-corrected chi connectivity index (χ2v) is 10.2. The molecule has 1 fully saturated rings. The van der Waals surface area contributed by atoms with E-state index in [0.717, 1.165) is 35.2 Å². The van der Waals surface area contributed by atoms with Gasteiger partial charge in [-0.2, -0.15) is 0 Å². The lowest BCUT2D eigenvalue weighted by Gasteiger charge is -2.18. The highest BCUT2D eigenvalue weighted by atomic mass is 32.2. The second kappa shape index (κ2) is 9.83. The van der Waals surface area contributed by atoms with E-state index in [2.05, 4.69) is 15.5 Å². The Hall–Kier alpha value is -2.71. The largest absolute Gasteiger partial charge is 0.325 e. The third-order valence-corrected chi connectivity index (χ3v) is 7.56. The number of carbonyl (C=O) groups is 2. The number of amides is 2. The summed E-state index contributed by atoms with van der Waals surface area (Å²) in [6.07, 6.45) is 2.43. The number of benzene rings is 2. The predicted molar refractivity (Wildman–Crippen MR) is 130 cm³/mol. The van der Waals surface area contributed by atoms with E-state index in [1.807, 2.05) is 69.3 Å². The summed E-state index contributed by atoms with van der Waals surface area (Å²) >= 11 is 2.73. The fourth-order valence-corrected chi connectivity index (χ4v) is 5.51. The van der Waals surface area contributed by atoms with E-state index >= 15 is 0 Å². The molecule has 1 aliphatic carbocycles. The third kappa shape index (κ3) is 5.19. The minimum Gasteiger partial charge on any atom is -0.325 e. The molecule has 1 N–H and O–H groups in total. The van der Waals surface area contributed by atoms with Crippen LogP contribution in [0.4, 0.5) is 10.8 Å². The molecule has 4 rings (SSSR count). The van der Waals surface area contributed by atoms with Crippen molar-refractivity contribution in [2.45, 2.75) is 55.7 Å². The van der Waals surface area contributed by atoms with Crippen LogP contribution in [-0.4, -0.2) is 28.1 Å². The van der Waals surface area contributed by atoms with Crippen LogP contribution in [0.1, 0.15) is 48.1 Å². The first kappa shape index (κ1) is 22.5. The molecule has 1 aliphatic rings. The Morgan fingerprint density at radius 3 is 2.59 bits per heavy atom. The minimum absolute atomic E-state index is 0.0625. The standard InChI is InChI=1S/C24H26N4O2S2/c1-4-20(29)28(18-12-13-18)23-26-27-24(32-23)31-21(17-8-6-5-7-9-17)22(30)25-19-14-15(2)10-11-16(19)3/h5-11,14,18,21H,4,12-13H2,1-3H3,(H,25,30). The Morgan fingerprint density at radius 1 is 1.16 bits per heavy atom. The zero-order valence-electron chi connectivity index (χ0n) is 18.4. The first-order chi connectivity index (χ1) is 15.5. The van der Waals surface area contributed by atoms with Crippen molar-refractivity contribution in [2.24, 2.45) is 0 Å². The number of carbonyl (C=O) groups excluding carboxylic acids is 2. The average Bonchev–Trinajstić information content (AvgIpc) is 3.52. The van der Waals surface area contributed by atoms with Crippen LogP contribution in [0.2, 0.25) is 0 Å². The Morgan fingerprint density at radius 2 is 1.91 bits per heavy atom. The van der Waals surface area contributed by atoms with Crippen molar-refractivity contribution in [1.29, 1.82) is 0 Å². The summed E-state index contributed by atoms with van der Waals surface area (Å²) in [6.45, 7) is 5.84. The monoisotopic (exact) mass is 466 g/mol. The fraction of sp³-hybridized carbons (Fsp3) is 0.333. The van der Waals surface area contributed by atoms with Gasteiger partial charge in [-0.15, -0.1) is 10.2 Å². The lowest BCUT2D eigenvalue weighted by molar-refractivity contribution is -0.118. The van der Waals surface area contributed by atoms with E-state index in [4.69, 9.17) is 0 Å². The Balaban J connectivity index is 1.58. The van der Waals surface area contributed by atoms with Crippen molar-refractivity contribution in [2.75, 3.05) is 10.2 Å². The maximum Gasteiger partial charge on any atom is 0.242 e. The molecule has 0 bridgehead atoms. The summed E-state index contributed by atoms with van der Waals surface area (Å²) in [7, 11) is 0. The van der Waals surface area contributed by atoms with Crippen LogP contribution in [-0.2, 0) is 9.59 Å². The van der Waals surface area contributed by atoms with Gasteiger partial charge >= 0.3 is 0 Å². The molecule has 0 aliphatic heterocycles. The van der Waals surface area contributed by atoms with Crippen LogP contribution in [0.5, 0.6) is 0 Å². The van der Waals surface area contributed by atoms with Gasteiger partial charge in [0, 0.05) is 18.2 Å². The first-order valence-electron chi connectivity index (χ1n) is 10.7. The summed E-state index contributed by atoms with van der Waals surface area (Å²) in [6, 6.07) is 15.9. The number of aryl methyl sites for hydroxylation is 2. The summed E-state index contributed by atoms with van der Waals surface area (Å²) < 4.78 is 0.666. The molecule has 0 radical (unpaired) electrons. The number of hydrogen-bond donors (Lipinski definition) is 1. The third-order valence-electron chi connectivity index (χ3n) is 5.30. The highest BCUT2D eigenvalue weighted by Crippen LogP contribution is 2.41. The number of hydrogen-bond acceptors (Lipinski definition) is 6. The fourth-order valence-electron chi connectivity index (χ4n) is 3.39. The van der Waals surface area contributed by atoms with Crippen molar-refractivity contribution in [3.63, 3.8) is 0 Å². The van der Waals surface area contributed by atoms with Crippen molar-refractivity contribution in [1.82, 2.24) is 10.2 Å². The van der Waals surface area contributed by atoms with Crippen LogP contribution >= 0.6 is 23.1 Å². The number of nitrogens with zero attached hydrogens (tertiary/aromatic N) is 3. The first-order valence-corrected chi connectivity index (χ1v) is 12.4. The lowest BCUT2D eigenvalue weighted by Crippen LogP contribution is -2.32. The van der Waals surface area contributed by atoms with E-state index in [1.165, 1.54) is 23.1 Å². The number of anilines is 2. The van der Waals surface area contributed by atoms with Crippen molar-refractivity contribution < 1.29 is 9.59 Å². The number of thioether (sulfide) groups is 1. The molecule has 2 aromatic carbocycles. The van der Waals surface area contributed by atoms with Gasteiger partial charge in [-0.25, -0.2) is 0 Å². The quantitative estimate of drug-likeness (QED) is 0.349. The molecular formula is C24H26N4O2S2. The van der Waals surface area contributed by atoms with Gasteiger partial charge in [0.1, 0.15) is 5.25 Å². The van der Waals surface area contributed by atoms with Crippen LogP contribution in [0.25, 0.3) is 0 Å². The lowest BCUT2D eigenvalue weighted by atomic mass is 10.1. The van der Waals surface area contributed by atoms with Crippen LogP contribution in [0.15, 0.2) is 52.9 Å². The van der Waals surface area contributed by atoms with Gasteiger partial charge in [0.25, 0.3) is 0 Å². The molecule has 0 saturated heterocycles. The minimum atomic E-state index is -0.492. The number of nitrogens with one attached hydrogen (secondary N) is 1. The van der Waals surface area contributed by atoms with Crippen molar-refractivity contribution in [3.05, 3.63) is 65.2 Å². The summed E-state index contributed by atoms with van der Waals surface area (Å²) in [5.41, 5.74) is 3.80. The molecule has 3 aromatic rings. The molecule has 166 valence electrons. The van der Waals surface area contributed by atoms with E-state index in [0.29, 0.717) is 15.9 Å². The number of rotatable bonds is 8. The van der Waals surface area contributed by atoms with E-state index < -0.39 is 5.25 Å². The van der Waals surface area contributed by atoms with Crippen LogP contribution in [0, 0.1) is 13.8 Å². The smallest absolute Gasteiger partial charge is 0.242 e. The van der Waals surface area contributed by atoms with Gasteiger partial charge < -0.3 is 5.32 Å². The topological polar surface area (TPSA) is 75.2 Å². The van der Waals surface area contributed by atoms with Crippen molar-refractivity contribution >= 4 is 45.7 Å². The molecule has 0 spiro atoms. The molecule has 1 saturated carbocycles. The van der Waals surface area contributed by atoms with Gasteiger partial charge in [-0.1, -0.05) is 72.5 Å². The molecule has 1 unspecified atom stereocenters. The summed E-state index contributed by atoms with van der Waals surface area (Å²) in [4.78, 5) is 27.5. The van der Waals surface area contributed by atoms with E-state index in [-0.39, 0.29) is 17.9 Å². The van der Waals surface area contributed by atoms with E-state index in [1.54, 1.807) is 4.90 Å². The van der Waals surface area contributed by atoms with E-state index in [9.17, 15) is 9.59 Å². The zero-order valence-corrected chi connectivity index (χ0v) is 20.0. The molecule has 6 nitrogen and oxygen atoms in total. The molecule has 32 heavy (non-hydrogen) atoms. The molecular weight excluding hydrogens is 440 g/mol. The predicted octanol–water partition coefficient (Wildman–Crippen LogP) is 5.53. The number of aromatic nitrogens is 2. The van der Waals surface area contributed by atoms with Gasteiger partial charge in [0.2, 0.25) is 16.9 Å². The average molecular weight is 467 g/mol. The maximum atomic E-state index is 13.4. The van der Waals surface area contributed by atoms with Crippen molar-refractivity contribution in [3.8, 4) is 0 Å². The zero-order chi connectivity index (χ0) is 22.7. The normalized spacial score (nSPS) is 14.1.